The van der Waals surface area contributed by atoms with Crippen molar-refractivity contribution in [2.24, 2.45) is 0 Å². The first kappa shape index (κ1) is 78.0. The second kappa shape index (κ2) is 35.6. The van der Waals surface area contributed by atoms with Crippen LogP contribution in [0.2, 0.25) is 0 Å². The number of aromatic carboxylic acids is 1. The molecule has 0 atom stereocenters. The first-order valence-electron chi connectivity index (χ1n) is 37.5. The number of imidazole rings is 3. The number of rotatable bonds is 15. The van der Waals surface area contributed by atoms with Gasteiger partial charge in [0.1, 0.15) is 17.5 Å². The van der Waals surface area contributed by atoms with Crippen LogP contribution in [-0.2, 0) is 14.2 Å². The Bertz CT molecular complexity index is 4490. The van der Waals surface area contributed by atoms with E-state index in [1.165, 1.54) is 16.7 Å². The molecule has 20 heteroatoms. The molecule has 3 aliphatic heterocycles. The summed E-state index contributed by atoms with van der Waals surface area (Å²) >= 11 is 0. The maximum atomic E-state index is 13.2. The number of nitrogens with zero attached hydrogens (tertiary/aromatic N) is 8. The van der Waals surface area contributed by atoms with E-state index in [0.717, 1.165) is 181 Å². The molecule has 556 valence electrons. The van der Waals surface area contributed by atoms with E-state index in [-0.39, 0.29) is 24.2 Å². The van der Waals surface area contributed by atoms with Crippen LogP contribution in [0.1, 0.15) is 228 Å². The number of aromatic amines is 3. The number of carbonyl (C=O) groups excluding carboxylic acids is 2. The van der Waals surface area contributed by atoms with Crippen molar-refractivity contribution in [3.05, 3.63) is 229 Å². The molecule has 3 saturated carbocycles. The summed E-state index contributed by atoms with van der Waals surface area (Å²) < 4.78 is 16.5. The Morgan fingerprint density at radius 1 is 0.402 bits per heavy atom. The van der Waals surface area contributed by atoms with Crippen molar-refractivity contribution in [1.29, 1.82) is 15.8 Å². The quantitative estimate of drug-likeness (QED) is 0.0639. The lowest BCUT2D eigenvalue weighted by molar-refractivity contribution is 0.0596. The first-order chi connectivity index (χ1) is 51.3. The van der Waals surface area contributed by atoms with Crippen LogP contribution < -0.4 is 5.32 Å². The Labute approximate surface area is 635 Å². The molecule has 107 heavy (non-hydrogen) atoms. The van der Waals surface area contributed by atoms with Crippen molar-refractivity contribution in [3.63, 3.8) is 0 Å². The number of hydrogen-bond donors (Lipinski definition) is 5. The fourth-order valence-corrected chi connectivity index (χ4v) is 15.7. The number of H-pyrrole nitrogens is 3. The van der Waals surface area contributed by atoms with Gasteiger partial charge in [-0.2, -0.15) is 15.8 Å². The van der Waals surface area contributed by atoms with Crippen LogP contribution in [0.5, 0.6) is 0 Å². The number of methoxy groups -OCH3 is 3. The Hall–Kier alpha value is -10.0. The van der Waals surface area contributed by atoms with Crippen molar-refractivity contribution in [1.82, 2.24) is 45.0 Å². The predicted molar refractivity (Wildman–Crippen MR) is 417 cm³/mol. The molecule has 3 saturated heterocycles. The fourth-order valence-electron chi connectivity index (χ4n) is 15.7. The minimum atomic E-state index is -0.914. The summed E-state index contributed by atoms with van der Waals surface area (Å²) in [6, 6.07) is 46.7. The number of carbonyl (C=O) groups is 3. The predicted octanol–water partition coefficient (Wildman–Crippen LogP) is 16.7. The zero-order valence-electron chi connectivity index (χ0n) is 62.9. The zero-order valence-corrected chi connectivity index (χ0v) is 63.7. The standard InChI is InChI=1S/2C29H32N4O2.C19H24N2O3.C10H10N2.ClH/c2*1-18-4-7-23(29(34)33-16-24(17-33)21-8-5-20(15-30)6-9-21)14-26(18)27-19(2)31-28(32-27)22-10-12-25(35-3)13-11-22;1-11-4-5-14(19(22)23)10-16(11)17-12(2)20-18(21-17)13-6-8-15(24-3)9-7-13;11-5-8-1-3-9(4-2-8)10-6-12-7-10;/h2*4-9,14,22,24-25H,10-13,16-17H2,1-3H3,(H,31,32);4-5,10,13,15H,6-9H2,1-3H3,(H,20,21)(H,22,23);1-4,10,12H,6-7H2;1H. The lowest BCUT2D eigenvalue weighted by Gasteiger charge is -2.39. The summed E-state index contributed by atoms with van der Waals surface area (Å²) in [5.74, 6) is 4.90. The number of benzene rings is 6. The van der Waals surface area contributed by atoms with Gasteiger partial charge >= 0.3 is 5.97 Å². The molecule has 0 bridgehead atoms. The van der Waals surface area contributed by atoms with Gasteiger partial charge in [0.05, 0.1) is 75.9 Å². The van der Waals surface area contributed by atoms with Crippen molar-refractivity contribution < 1.29 is 33.7 Å². The van der Waals surface area contributed by atoms with Gasteiger partial charge in [0.15, 0.2) is 0 Å². The van der Waals surface area contributed by atoms with Crippen LogP contribution >= 0.6 is 12.4 Å². The Morgan fingerprint density at radius 2 is 0.682 bits per heavy atom. The maximum Gasteiger partial charge on any atom is 0.335 e. The van der Waals surface area contributed by atoms with E-state index in [4.69, 9.17) is 44.9 Å². The van der Waals surface area contributed by atoms with E-state index in [1.54, 1.807) is 33.5 Å². The van der Waals surface area contributed by atoms with Gasteiger partial charge < -0.3 is 49.4 Å². The van der Waals surface area contributed by atoms with Crippen molar-refractivity contribution >= 4 is 30.2 Å². The average Bonchev–Trinajstić information content (AvgIpc) is 1.77. The molecule has 6 heterocycles. The van der Waals surface area contributed by atoms with Crippen LogP contribution in [-0.4, -0.2) is 142 Å². The summed E-state index contributed by atoms with van der Waals surface area (Å²) in [5.41, 5.74) is 19.5. The number of nitriles is 3. The highest BCUT2D eigenvalue weighted by Crippen LogP contribution is 2.40. The van der Waals surface area contributed by atoms with Gasteiger partial charge in [-0.25, -0.2) is 19.7 Å². The van der Waals surface area contributed by atoms with Crippen molar-refractivity contribution in [2.45, 2.75) is 172 Å². The molecule has 19 nitrogen and oxygen atoms in total. The number of carboxylic acid groups (broad SMARTS) is 1. The Balaban J connectivity index is 0.000000150. The second-order valence-electron chi connectivity index (χ2n) is 29.7. The van der Waals surface area contributed by atoms with Gasteiger partial charge in [0.2, 0.25) is 0 Å². The number of amides is 2. The fraction of sp³-hybridized carbons (Fsp3) is 0.414. The largest absolute Gasteiger partial charge is 0.478 e. The number of nitrogens with one attached hydrogen (secondary N) is 4. The molecule has 0 spiro atoms. The van der Waals surface area contributed by atoms with Gasteiger partial charge in [0, 0.05) is 141 Å². The summed E-state index contributed by atoms with van der Waals surface area (Å²) in [7, 11) is 5.37. The van der Waals surface area contributed by atoms with E-state index < -0.39 is 5.97 Å². The molecule has 0 radical (unpaired) electrons. The number of carboxylic acids is 1. The summed E-state index contributed by atoms with van der Waals surface area (Å²) in [5, 5.41) is 39.0. The smallest absolute Gasteiger partial charge is 0.335 e. The summed E-state index contributed by atoms with van der Waals surface area (Å²) in [6.07, 6.45) is 14.0. The lowest BCUT2D eigenvalue weighted by Crippen LogP contribution is -2.48. The highest BCUT2D eigenvalue weighted by Gasteiger charge is 2.36. The summed E-state index contributed by atoms with van der Waals surface area (Å²) in [6.45, 7) is 17.2. The summed E-state index contributed by atoms with van der Waals surface area (Å²) in [4.78, 5) is 66.9. The van der Waals surface area contributed by atoms with E-state index in [0.29, 0.717) is 108 Å². The van der Waals surface area contributed by atoms with Crippen molar-refractivity contribution in [2.75, 3.05) is 60.6 Å². The van der Waals surface area contributed by atoms with E-state index in [9.17, 15) is 19.5 Å². The van der Waals surface area contributed by atoms with E-state index in [1.807, 2.05) is 139 Å². The minimum absolute atomic E-state index is 0. The monoisotopic (exact) mass is 1460 g/mol. The first-order valence-corrected chi connectivity index (χ1v) is 37.5. The van der Waals surface area contributed by atoms with Crippen LogP contribution in [0, 0.1) is 75.5 Å². The minimum Gasteiger partial charge on any atom is -0.478 e. The third kappa shape index (κ3) is 18.3. The molecule has 0 unspecified atom stereocenters. The number of likely N-dealkylation sites (tertiary alicyclic amines) is 2. The topological polar surface area (TPSA) is 275 Å². The number of aryl methyl sites for hydroxylation is 6. The lowest BCUT2D eigenvalue weighted by atomic mass is 9.87. The van der Waals surface area contributed by atoms with Gasteiger partial charge in [-0.1, -0.05) is 54.6 Å². The van der Waals surface area contributed by atoms with Gasteiger partial charge in [-0.3, -0.25) is 9.59 Å². The highest BCUT2D eigenvalue weighted by molar-refractivity contribution is 5.97. The molecule has 6 fully saturated rings. The molecule has 5 N–H and O–H groups in total. The maximum absolute atomic E-state index is 13.2. The number of ether oxygens (including phenoxy) is 3. The molecule has 15 rings (SSSR count). The molecular formula is C87H99ClN12O7. The van der Waals surface area contributed by atoms with Crippen LogP contribution in [0.15, 0.2) is 127 Å². The molecule has 6 aliphatic rings. The van der Waals surface area contributed by atoms with Crippen LogP contribution in [0.25, 0.3) is 33.8 Å². The molecule has 2 amide bonds. The normalized spacial score (nSPS) is 19.9. The third-order valence-corrected chi connectivity index (χ3v) is 22.8. The number of hydrogen-bond acceptors (Lipinski definition) is 13. The molecule has 6 aromatic carbocycles. The van der Waals surface area contributed by atoms with Gasteiger partial charge in [-0.15, -0.1) is 12.4 Å². The van der Waals surface area contributed by atoms with Crippen LogP contribution in [0.3, 0.4) is 0 Å². The second-order valence-corrected chi connectivity index (χ2v) is 29.7. The third-order valence-electron chi connectivity index (χ3n) is 22.8. The molecule has 9 aromatic rings. The number of halogens is 1. The van der Waals surface area contributed by atoms with E-state index in [2.05, 4.69) is 66.2 Å². The zero-order chi connectivity index (χ0) is 74.7. The van der Waals surface area contributed by atoms with E-state index >= 15 is 0 Å². The van der Waals surface area contributed by atoms with Gasteiger partial charge in [-0.05, 0) is 225 Å². The van der Waals surface area contributed by atoms with Crippen LogP contribution in [0.4, 0.5) is 0 Å². The Morgan fingerprint density at radius 3 is 0.944 bits per heavy atom. The highest BCUT2D eigenvalue weighted by atomic mass is 35.5. The number of aromatic nitrogens is 6. The van der Waals surface area contributed by atoms with Gasteiger partial charge in [0.25, 0.3) is 11.8 Å². The molecular weight excluding hydrogens is 1360 g/mol. The average molecular weight is 1460 g/mol. The molecule has 3 aromatic heterocycles. The Kier molecular flexibility index (Phi) is 25.9. The molecule has 3 aliphatic carbocycles. The van der Waals surface area contributed by atoms with Crippen molar-refractivity contribution in [3.8, 4) is 52.0 Å². The SMILES string of the molecule is COC1CCC(c2nc(-c3cc(C(=O)N4CC(c5ccc(C#N)cc5)C4)ccc3C)c(C)[nH]2)CC1.COC1CCC(c2nc(-c3cc(C(=O)N4CC(c5ccc(C#N)cc5)C4)ccc3C)c(C)[nH]2)CC1.COC1CCC(c2nc(-c3cc(C(=O)O)ccc3C)c(C)[nH]2)CC1.Cl.N#Cc1ccc(C2CNC2)cc1.